The highest BCUT2D eigenvalue weighted by atomic mass is 32.2. The maximum Gasteiger partial charge on any atom is 0.125 e. The first-order valence-corrected chi connectivity index (χ1v) is 6.90. The Morgan fingerprint density at radius 2 is 1.67 bits per heavy atom. The quantitative estimate of drug-likeness (QED) is 0.472. The summed E-state index contributed by atoms with van der Waals surface area (Å²) in [6, 6.07) is 6.09. The minimum atomic E-state index is 0.169. The van der Waals surface area contributed by atoms with E-state index in [1.807, 2.05) is 18.2 Å². The molecule has 0 aliphatic rings. The molecular weight excluding hydrogens is 224 g/mol. The van der Waals surface area contributed by atoms with E-state index < -0.39 is 0 Å². The predicted molar refractivity (Wildman–Crippen MR) is 70.3 cm³/mol. The summed E-state index contributed by atoms with van der Waals surface area (Å²) >= 11 is 3.47. The molecule has 3 N–H and O–H groups in total. The van der Waals surface area contributed by atoms with E-state index in [1.165, 1.54) is 0 Å². The molecule has 0 heterocycles. The zero-order valence-corrected chi connectivity index (χ0v) is 10.7. The minimum Gasteiger partial charge on any atom is -0.384 e. The second-order valence-corrected chi connectivity index (χ2v) is 5.52. The fourth-order valence-electron chi connectivity index (χ4n) is 1.33. The third-order valence-electron chi connectivity index (χ3n) is 1.86. The molecule has 82 valence electrons. The lowest BCUT2D eigenvalue weighted by Gasteiger charge is -2.11. The lowest BCUT2D eigenvalue weighted by atomic mass is 10.2. The van der Waals surface area contributed by atoms with Crippen molar-refractivity contribution in [3.63, 3.8) is 0 Å². The third kappa shape index (κ3) is 3.18. The van der Waals surface area contributed by atoms with Crippen LogP contribution in [0.15, 0.2) is 28.0 Å². The second kappa shape index (κ2) is 6.08. The van der Waals surface area contributed by atoms with E-state index in [2.05, 4.69) is 13.8 Å². The van der Waals surface area contributed by atoms with Crippen LogP contribution >= 0.6 is 23.5 Å². The molecule has 1 rings (SSSR count). The SMILES string of the molecule is CCSc1cccc(SCC)c1C(=N)N. The maximum atomic E-state index is 7.63. The predicted octanol–water partition coefficient (Wildman–Crippen LogP) is 3.19. The van der Waals surface area contributed by atoms with Gasteiger partial charge < -0.3 is 5.73 Å². The highest BCUT2D eigenvalue weighted by molar-refractivity contribution is 8.00. The van der Waals surface area contributed by atoms with Gasteiger partial charge in [-0.3, -0.25) is 5.41 Å². The number of hydrogen-bond acceptors (Lipinski definition) is 3. The summed E-state index contributed by atoms with van der Waals surface area (Å²) in [4.78, 5) is 2.23. The lowest BCUT2D eigenvalue weighted by Crippen LogP contribution is -2.13. The molecule has 2 nitrogen and oxygen atoms in total. The molecule has 0 aliphatic heterocycles. The monoisotopic (exact) mass is 240 g/mol. The van der Waals surface area contributed by atoms with Crippen molar-refractivity contribution < 1.29 is 0 Å². The first-order chi connectivity index (χ1) is 7.20. The summed E-state index contributed by atoms with van der Waals surface area (Å²) in [7, 11) is 0. The molecule has 0 aliphatic carbocycles. The van der Waals surface area contributed by atoms with E-state index in [1.54, 1.807) is 23.5 Å². The van der Waals surface area contributed by atoms with E-state index in [0.29, 0.717) is 0 Å². The van der Waals surface area contributed by atoms with Crippen LogP contribution in [0.1, 0.15) is 19.4 Å². The van der Waals surface area contributed by atoms with Gasteiger partial charge in [0.2, 0.25) is 0 Å². The Labute approximate surface area is 99.5 Å². The highest BCUT2D eigenvalue weighted by Crippen LogP contribution is 2.30. The number of nitrogens with one attached hydrogen (secondary N) is 1. The van der Waals surface area contributed by atoms with E-state index in [0.717, 1.165) is 26.9 Å². The molecule has 0 unspecified atom stereocenters. The average Bonchev–Trinajstić information content (AvgIpc) is 2.18. The number of amidine groups is 1. The largest absolute Gasteiger partial charge is 0.384 e. The number of nitrogen functional groups attached to an aromatic ring is 1. The molecule has 0 bridgehead atoms. The van der Waals surface area contributed by atoms with Gasteiger partial charge in [-0.05, 0) is 23.6 Å². The average molecular weight is 240 g/mol. The molecule has 1 aromatic carbocycles. The molecule has 0 spiro atoms. The summed E-state index contributed by atoms with van der Waals surface area (Å²) in [5.74, 6) is 2.17. The van der Waals surface area contributed by atoms with Gasteiger partial charge in [0.25, 0.3) is 0 Å². The van der Waals surface area contributed by atoms with Crippen LogP contribution in [0.5, 0.6) is 0 Å². The number of benzene rings is 1. The third-order valence-corrected chi connectivity index (χ3v) is 3.74. The Morgan fingerprint density at radius 3 is 2.00 bits per heavy atom. The van der Waals surface area contributed by atoms with Crippen molar-refractivity contribution in [2.24, 2.45) is 5.73 Å². The summed E-state index contributed by atoms with van der Waals surface area (Å²) in [6.07, 6.45) is 0. The van der Waals surface area contributed by atoms with E-state index in [9.17, 15) is 0 Å². The Bertz CT molecular complexity index is 326. The summed E-state index contributed by atoms with van der Waals surface area (Å²) < 4.78 is 0. The Hall–Kier alpha value is -0.610. The molecule has 0 aromatic heterocycles. The van der Waals surface area contributed by atoms with E-state index in [-0.39, 0.29) is 5.84 Å². The molecular formula is C11H16N2S2. The Balaban J connectivity index is 3.15. The van der Waals surface area contributed by atoms with Gasteiger partial charge >= 0.3 is 0 Å². The van der Waals surface area contributed by atoms with Crippen LogP contribution in [0.3, 0.4) is 0 Å². The van der Waals surface area contributed by atoms with Gasteiger partial charge in [-0.15, -0.1) is 23.5 Å². The number of thioether (sulfide) groups is 2. The van der Waals surface area contributed by atoms with Crippen LogP contribution in [0, 0.1) is 5.41 Å². The molecule has 0 saturated heterocycles. The van der Waals surface area contributed by atoms with Crippen LogP contribution in [0.2, 0.25) is 0 Å². The smallest absolute Gasteiger partial charge is 0.125 e. The summed E-state index contributed by atoms with van der Waals surface area (Å²) in [5.41, 5.74) is 6.53. The van der Waals surface area contributed by atoms with E-state index >= 15 is 0 Å². The van der Waals surface area contributed by atoms with Crippen LogP contribution in [-0.4, -0.2) is 17.3 Å². The molecule has 0 radical (unpaired) electrons. The van der Waals surface area contributed by atoms with Gasteiger partial charge in [0.1, 0.15) is 5.84 Å². The van der Waals surface area contributed by atoms with Crippen molar-refractivity contribution in [3.8, 4) is 0 Å². The van der Waals surface area contributed by atoms with Crippen molar-refractivity contribution in [3.05, 3.63) is 23.8 Å². The van der Waals surface area contributed by atoms with E-state index in [4.69, 9.17) is 11.1 Å². The van der Waals surface area contributed by atoms with Gasteiger partial charge in [0, 0.05) is 15.4 Å². The van der Waals surface area contributed by atoms with Crippen molar-refractivity contribution in [2.45, 2.75) is 23.6 Å². The first-order valence-electron chi connectivity index (χ1n) is 4.93. The van der Waals surface area contributed by atoms with Gasteiger partial charge in [-0.1, -0.05) is 19.9 Å². The zero-order chi connectivity index (χ0) is 11.3. The fourth-order valence-corrected chi connectivity index (χ4v) is 3.09. The molecule has 0 fully saturated rings. The molecule has 0 atom stereocenters. The van der Waals surface area contributed by atoms with Crippen molar-refractivity contribution in [2.75, 3.05) is 11.5 Å². The molecule has 1 aromatic rings. The minimum absolute atomic E-state index is 0.169. The first kappa shape index (κ1) is 12.5. The Morgan fingerprint density at radius 1 is 1.20 bits per heavy atom. The van der Waals surface area contributed by atoms with Gasteiger partial charge in [0.05, 0.1) is 0 Å². The van der Waals surface area contributed by atoms with Gasteiger partial charge in [-0.2, -0.15) is 0 Å². The molecule has 0 saturated carbocycles. The second-order valence-electron chi connectivity index (χ2n) is 2.91. The van der Waals surface area contributed by atoms with Crippen LogP contribution in [0.25, 0.3) is 0 Å². The van der Waals surface area contributed by atoms with Crippen molar-refractivity contribution in [1.29, 1.82) is 5.41 Å². The normalized spacial score (nSPS) is 10.3. The van der Waals surface area contributed by atoms with Gasteiger partial charge in [0.15, 0.2) is 0 Å². The zero-order valence-electron chi connectivity index (χ0n) is 9.04. The van der Waals surface area contributed by atoms with Crippen LogP contribution in [0.4, 0.5) is 0 Å². The molecule has 0 amide bonds. The van der Waals surface area contributed by atoms with Crippen LogP contribution < -0.4 is 5.73 Å². The Kier molecular flexibility index (Phi) is 5.05. The summed E-state index contributed by atoms with van der Waals surface area (Å²) in [6.45, 7) is 4.21. The van der Waals surface area contributed by atoms with Crippen molar-refractivity contribution in [1.82, 2.24) is 0 Å². The molecule has 15 heavy (non-hydrogen) atoms. The number of hydrogen-bond donors (Lipinski definition) is 2. The topological polar surface area (TPSA) is 49.9 Å². The number of nitrogens with two attached hydrogens (primary N) is 1. The number of rotatable bonds is 5. The fraction of sp³-hybridized carbons (Fsp3) is 0.364. The summed E-state index contributed by atoms with van der Waals surface area (Å²) in [5, 5.41) is 7.63. The molecule has 4 heteroatoms. The van der Waals surface area contributed by atoms with Gasteiger partial charge in [-0.25, -0.2) is 0 Å². The van der Waals surface area contributed by atoms with Crippen LogP contribution in [-0.2, 0) is 0 Å². The lowest BCUT2D eigenvalue weighted by molar-refractivity contribution is 1.24. The standard InChI is InChI=1S/C11H16N2S2/c1-3-14-8-6-5-7-9(15-4-2)10(8)11(12)13/h5-7H,3-4H2,1-2H3,(H3,12,13). The maximum absolute atomic E-state index is 7.63. The highest BCUT2D eigenvalue weighted by Gasteiger charge is 2.10. The van der Waals surface area contributed by atoms with Crippen molar-refractivity contribution >= 4 is 29.4 Å².